The lowest BCUT2D eigenvalue weighted by molar-refractivity contribution is -0.309. The third-order valence-electron chi connectivity index (χ3n) is 9.66. The van der Waals surface area contributed by atoms with Crippen molar-refractivity contribution >= 4 is 5.78 Å². The van der Waals surface area contributed by atoms with Crippen molar-refractivity contribution < 1.29 is 25.2 Å². The van der Waals surface area contributed by atoms with Gasteiger partial charge in [0.05, 0.1) is 12.5 Å². The quantitative estimate of drug-likeness (QED) is 0.191. The smallest absolute Gasteiger partial charge is 0.279 e. The number of ketones is 1. The van der Waals surface area contributed by atoms with Crippen LogP contribution in [-0.2, 0) is 30.5 Å². The molecule has 5 nitrogen and oxygen atoms in total. The molecule has 5 heteroatoms. The highest BCUT2D eigenvalue weighted by Gasteiger charge is 2.44. The van der Waals surface area contributed by atoms with Crippen molar-refractivity contribution in [1.82, 2.24) is 0 Å². The van der Waals surface area contributed by atoms with Crippen LogP contribution in [0.15, 0.2) is 103 Å². The van der Waals surface area contributed by atoms with Crippen molar-refractivity contribution in [2.45, 2.75) is 76.8 Å². The maximum atomic E-state index is 14.2. The van der Waals surface area contributed by atoms with Gasteiger partial charge in [-0.1, -0.05) is 117 Å². The van der Waals surface area contributed by atoms with Gasteiger partial charge in [0.1, 0.15) is 5.78 Å². The summed E-state index contributed by atoms with van der Waals surface area (Å²) in [4.78, 5) is 14.2. The molecule has 0 bridgehead atoms. The molecule has 0 saturated heterocycles. The number of hydrogen-bond acceptors (Lipinski definition) is 5. The highest BCUT2D eigenvalue weighted by molar-refractivity contribution is 5.84. The van der Waals surface area contributed by atoms with E-state index >= 15 is 0 Å². The molecule has 6 unspecified atom stereocenters. The average Bonchev–Trinajstić information content (AvgIpc) is 3.01. The first-order valence-electron chi connectivity index (χ1n) is 16.1. The number of benzene rings is 3. The molecular formula is C39H46O5. The van der Waals surface area contributed by atoms with Crippen LogP contribution in [0, 0.1) is 23.7 Å². The Morgan fingerprint density at radius 3 is 2.20 bits per heavy atom. The summed E-state index contributed by atoms with van der Waals surface area (Å²) >= 11 is 0. The Labute approximate surface area is 261 Å². The number of rotatable bonds is 12. The van der Waals surface area contributed by atoms with Crippen LogP contribution in [0.2, 0.25) is 0 Å². The number of Topliss-reactive ketones (excluding diaryl/α,β-unsaturated/α-hetero) is 1. The minimum atomic E-state index is -2.77. The molecule has 2 aliphatic rings. The molecular weight excluding hydrogens is 548 g/mol. The summed E-state index contributed by atoms with van der Waals surface area (Å²) in [6.45, 7) is 4.36. The van der Waals surface area contributed by atoms with Crippen molar-refractivity contribution in [2.24, 2.45) is 23.7 Å². The molecule has 0 spiro atoms. The van der Waals surface area contributed by atoms with E-state index in [4.69, 9.17) is 0 Å². The highest BCUT2D eigenvalue weighted by atomic mass is 16.7. The first-order valence-corrected chi connectivity index (χ1v) is 16.1. The number of carbonyl (C=O) groups is 1. The Bertz CT molecular complexity index is 1430. The van der Waals surface area contributed by atoms with Gasteiger partial charge in [0.25, 0.3) is 5.97 Å². The minimum Gasteiger partial charge on any atom is -0.392 e. The normalized spacial score (nSPS) is 23.0. The van der Waals surface area contributed by atoms with E-state index in [2.05, 4.69) is 68.5 Å². The van der Waals surface area contributed by atoms with E-state index in [-0.39, 0.29) is 48.2 Å². The van der Waals surface area contributed by atoms with Gasteiger partial charge in [-0.25, -0.2) is 0 Å². The molecule has 232 valence electrons. The summed E-state index contributed by atoms with van der Waals surface area (Å²) in [5, 5.41) is 40.0. The highest BCUT2D eigenvalue weighted by Crippen LogP contribution is 2.48. The van der Waals surface area contributed by atoms with Crippen LogP contribution in [0.4, 0.5) is 0 Å². The standard InChI is InChI=1S/C39H46O5/c1-3-9-27-18-20-31(21-19-27)37-35(24-32-12-7-8-13-33(32)38(37)41)26(2)34(22-28-10-5-4-6-11-28)36(40)23-29-14-16-30(17-15-29)25-39(42,43)44/h4-7,10-12,14-21,24,26,33-35,37-38,41-44H,3,8-9,13,22-23,25H2,1-2H3. The fourth-order valence-corrected chi connectivity index (χ4v) is 7.34. The molecule has 0 heterocycles. The van der Waals surface area contributed by atoms with Gasteiger partial charge >= 0.3 is 0 Å². The fourth-order valence-electron chi connectivity index (χ4n) is 7.34. The number of hydrogen-bond donors (Lipinski definition) is 4. The van der Waals surface area contributed by atoms with Gasteiger partial charge in [0, 0.05) is 24.2 Å². The zero-order valence-corrected chi connectivity index (χ0v) is 25.8. The van der Waals surface area contributed by atoms with Crippen LogP contribution in [0.25, 0.3) is 0 Å². The lowest BCUT2D eigenvalue weighted by Gasteiger charge is -2.44. The molecule has 3 aromatic rings. The van der Waals surface area contributed by atoms with Crippen molar-refractivity contribution in [3.05, 3.63) is 130 Å². The largest absolute Gasteiger partial charge is 0.392 e. The molecule has 5 rings (SSSR count). The third-order valence-corrected chi connectivity index (χ3v) is 9.66. The first kappa shape index (κ1) is 32.1. The van der Waals surface area contributed by atoms with Gasteiger partial charge in [-0.15, -0.1) is 0 Å². The van der Waals surface area contributed by atoms with Crippen LogP contribution in [-0.4, -0.2) is 38.3 Å². The number of fused-ring (bicyclic) bond motifs is 1. The van der Waals surface area contributed by atoms with Crippen LogP contribution in [0.1, 0.15) is 66.8 Å². The molecule has 0 fully saturated rings. The van der Waals surface area contributed by atoms with E-state index in [9.17, 15) is 25.2 Å². The summed E-state index contributed by atoms with van der Waals surface area (Å²) in [7, 11) is 0. The molecule has 0 aliphatic heterocycles. The van der Waals surface area contributed by atoms with Crippen molar-refractivity contribution in [3.8, 4) is 0 Å². The minimum absolute atomic E-state index is 0.0251. The molecule has 3 aromatic carbocycles. The molecule has 2 aliphatic carbocycles. The van der Waals surface area contributed by atoms with Crippen LogP contribution >= 0.6 is 0 Å². The zero-order valence-electron chi connectivity index (χ0n) is 25.8. The van der Waals surface area contributed by atoms with Crippen molar-refractivity contribution in [2.75, 3.05) is 0 Å². The molecule has 0 radical (unpaired) electrons. The van der Waals surface area contributed by atoms with Gasteiger partial charge in [-0.05, 0) is 70.9 Å². The molecule has 0 saturated carbocycles. The van der Waals surface area contributed by atoms with Gasteiger partial charge in [-0.2, -0.15) is 0 Å². The van der Waals surface area contributed by atoms with Gasteiger partial charge in [0.15, 0.2) is 0 Å². The maximum Gasteiger partial charge on any atom is 0.279 e. The molecule has 44 heavy (non-hydrogen) atoms. The summed E-state index contributed by atoms with van der Waals surface area (Å²) < 4.78 is 0. The summed E-state index contributed by atoms with van der Waals surface area (Å²) in [6, 6.07) is 26.0. The summed E-state index contributed by atoms with van der Waals surface area (Å²) in [6.07, 6.45) is 10.7. The second-order valence-corrected chi connectivity index (χ2v) is 12.9. The fraction of sp³-hybridized carbons (Fsp3) is 0.410. The zero-order chi connectivity index (χ0) is 31.3. The number of allylic oxidation sites excluding steroid dienone is 3. The number of aryl methyl sites for hydroxylation is 1. The second kappa shape index (κ2) is 14.2. The molecule has 0 amide bonds. The van der Waals surface area contributed by atoms with E-state index < -0.39 is 12.1 Å². The van der Waals surface area contributed by atoms with Crippen LogP contribution < -0.4 is 0 Å². The van der Waals surface area contributed by atoms with E-state index in [0.717, 1.165) is 42.4 Å². The topological polar surface area (TPSA) is 98.0 Å². The van der Waals surface area contributed by atoms with Crippen molar-refractivity contribution in [3.63, 3.8) is 0 Å². The molecule has 6 atom stereocenters. The van der Waals surface area contributed by atoms with Gasteiger partial charge in [-0.3, -0.25) is 4.79 Å². The van der Waals surface area contributed by atoms with E-state index in [1.54, 1.807) is 12.1 Å². The van der Waals surface area contributed by atoms with E-state index in [0.29, 0.717) is 12.0 Å². The third kappa shape index (κ3) is 7.83. The Morgan fingerprint density at radius 2 is 1.55 bits per heavy atom. The van der Waals surface area contributed by atoms with Crippen LogP contribution in [0.3, 0.4) is 0 Å². The number of carbonyl (C=O) groups excluding carboxylic acids is 1. The molecule has 0 aromatic heterocycles. The summed E-state index contributed by atoms with van der Waals surface area (Å²) in [5.41, 5.74) is 6.13. The SMILES string of the molecule is CCCc1ccc(C2C(O)C3CCC=CC3=CC2C(C)C(Cc2ccccc2)C(=O)Cc2ccc(CC(O)(O)O)cc2)cc1. The Hall–Kier alpha value is -3.35. The second-order valence-electron chi connectivity index (χ2n) is 12.9. The molecule has 4 N–H and O–H groups in total. The Kier molecular flexibility index (Phi) is 10.3. The van der Waals surface area contributed by atoms with E-state index in [1.807, 2.05) is 30.3 Å². The first-order chi connectivity index (χ1) is 21.1. The lowest BCUT2D eigenvalue weighted by atomic mass is 9.61. The lowest BCUT2D eigenvalue weighted by Crippen LogP contribution is -2.42. The number of aliphatic hydroxyl groups is 4. The predicted octanol–water partition coefficient (Wildman–Crippen LogP) is 6.09. The average molecular weight is 595 g/mol. The van der Waals surface area contributed by atoms with Gasteiger partial charge in [0.2, 0.25) is 0 Å². The Morgan fingerprint density at radius 1 is 0.886 bits per heavy atom. The van der Waals surface area contributed by atoms with E-state index in [1.165, 1.54) is 11.1 Å². The van der Waals surface area contributed by atoms with Crippen LogP contribution in [0.5, 0.6) is 0 Å². The van der Waals surface area contributed by atoms with Crippen molar-refractivity contribution in [1.29, 1.82) is 0 Å². The monoisotopic (exact) mass is 594 g/mol. The predicted molar refractivity (Wildman–Crippen MR) is 174 cm³/mol. The Balaban J connectivity index is 1.48. The maximum absolute atomic E-state index is 14.2. The number of aliphatic hydroxyl groups excluding tert-OH is 1. The van der Waals surface area contributed by atoms with Gasteiger partial charge < -0.3 is 20.4 Å². The summed E-state index contributed by atoms with van der Waals surface area (Å²) in [5.74, 6) is -2.99.